The molecular formula is C22H23NO2. The van der Waals surface area contributed by atoms with Crippen LogP contribution in [0.2, 0.25) is 0 Å². The molecule has 0 radical (unpaired) electrons. The number of esters is 1. The van der Waals surface area contributed by atoms with E-state index in [4.69, 9.17) is 4.74 Å². The minimum absolute atomic E-state index is 0.197. The van der Waals surface area contributed by atoms with E-state index in [1.165, 1.54) is 29.4 Å². The van der Waals surface area contributed by atoms with Gasteiger partial charge in [-0.2, -0.15) is 0 Å². The normalized spacial score (nSPS) is 17.9. The smallest absolute Gasteiger partial charge is 0.334 e. The number of fused-ring (bicyclic) bond motifs is 2. The van der Waals surface area contributed by atoms with Crippen molar-refractivity contribution in [2.45, 2.75) is 25.3 Å². The summed E-state index contributed by atoms with van der Waals surface area (Å²) in [6.45, 7) is 1.59. The average molecular weight is 333 g/mol. The molecule has 2 aromatic rings. The molecule has 0 amide bonds. The Kier molecular flexibility index (Phi) is 4.41. The molecule has 0 bridgehead atoms. The minimum atomic E-state index is -0.208. The molecule has 128 valence electrons. The lowest BCUT2D eigenvalue weighted by Gasteiger charge is -2.35. The van der Waals surface area contributed by atoms with Gasteiger partial charge in [0.25, 0.3) is 0 Å². The Morgan fingerprint density at radius 1 is 1.00 bits per heavy atom. The summed E-state index contributed by atoms with van der Waals surface area (Å²) in [5.41, 5.74) is 6.35. The van der Waals surface area contributed by atoms with Crippen molar-refractivity contribution in [1.29, 1.82) is 0 Å². The van der Waals surface area contributed by atoms with Gasteiger partial charge in [-0.05, 0) is 41.5 Å². The van der Waals surface area contributed by atoms with Crippen molar-refractivity contribution in [2.24, 2.45) is 0 Å². The van der Waals surface area contributed by atoms with Crippen molar-refractivity contribution in [3.05, 3.63) is 82.4 Å². The van der Waals surface area contributed by atoms with Gasteiger partial charge in [0.2, 0.25) is 0 Å². The van der Waals surface area contributed by atoms with Gasteiger partial charge in [-0.15, -0.1) is 0 Å². The van der Waals surface area contributed by atoms with Crippen molar-refractivity contribution in [2.75, 3.05) is 20.2 Å². The molecule has 0 aromatic heterocycles. The van der Waals surface area contributed by atoms with Crippen LogP contribution in [0.1, 0.15) is 34.7 Å². The zero-order valence-corrected chi connectivity index (χ0v) is 14.6. The molecule has 0 N–H and O–H groups in total. The van der Waals surface area contributed by atoms with Gasteiger partial charge in [-0.3, -0.25) is 4.90 Å². The number of aryl methyl sites for hydroxylation is 2. The summed E-state index contributed by atoms with van der Waals surface area (Å²) in [4.78, 5) is 14.5. The summed E-state index contributed by atoms with van der Waals surface area (Å²) in [6.07, 6.45) is 5.04. The molecule has 1 aliphatic carbocycles. The van der Waals surface area contributed by atoms with E-state index in [0.29, 0.717) is 6.54 Å². The largest absolute Gasteiger partial charge is 0.466 e. The van der Waals surface area contributed by atoms with Gasteiger partial charge in [-0.25, -0.2) is 4.79 Å². The Bertz CT molecular complexity index is 777. The van der Waals surface area contributed by atoms with Gasteiger partial charge >= 0.3 is 5.97 Å². The fourth-order valence-corrected chi connectivity index (χ4v) is 4.15. The minimum Gasteiger partial charge on any atom is -0.466 e. The van der Waals surface area contributed by atoms with Crippen molar-refractivity contribution in [3.63, 3.8) is 0 Å². The van der Waals surface area contributed by atoms with Crippen LogP contribution in [0.3, 0.4) is 0 Å². The van der Waals surface area contributed by atoms with Crippen LogP contribution in [0.4, 0.5) is 0 Å². The first-order valence-electron chi connectivity index (χ1n) is 8.95. The third-order valence-electron chi connectivity index (χ3n) is 5.36. The monoisotopic (exact) mass is 333 g/mol. The second-order valence-corrected chi connectivity index (χ2v) is 6.78. The lowest BCUT2D eigenvalue weighted by atomic mass is 9.91. The van der Waals surface area contributed by atoms with E-state index < -0.39 is 0 Å². The van der Waals surface area contributed by atoms with Crippen LogP contribution in [0.15, 0.2) is 60.2 Å². The SMILES string of the molecule is COC(=O)C1=CCCN(C2c3ccccc3CCc3ccccc32)C1. The molecule has 25 heavy (non-hydrogen) atoms. The van der Waals surface area contributed by atoms with Crippen molar-refractivity contribution in [3.8, 4) is 0 Å². The highest BCUT2D eigenvalue weighted by Gasteiger charge is 2.31. The number of hydrogen-bond donors (Lipinski definition) is 0. The Morgan fingerprint density at radius 2 is 1.60 bits per heavy atom. The number of nitrogens with zero attached hydrogens (tertiary/aromatic N) is 1. The summed E-state index contributed by atoms with van der Waals surface area (Å²) < 4.78 is 4.96. The zero-order valence-electron chi connectivity index (χ0n) is 14.6. The first-order chi connectivity index (χ1) is 12.3. The summed E-state index contributed by atoms with van der Waals surface area (Å²) in [5.74, 6) is -0.208. The quantitative estimate of drug-likeness (QED) is 0.785. The number of carbonyl (C=O) groups excluding carboxylic acids is 1. The topological polar surface area (TPSA) is 29.5 Å². The molecular weight excluding hydrogens is 310 g/mol. The second-order valence-electron chi connectivity index (χ2n) is 6.78. The highest BCUT2D eigenvalue weighted by atomic mass is 16.5. The first kappa shape index (κ1) is 16.1. The standard InChI is InChI=1S/C22H23NO2/c1-25-22(24)18-9-6-14-23(15-18)21-19-10-4-2-7-16(19)12-13-17-8-3-5-11-20(17)21/h2-5,7-11,21H,6,12-15H2,1H3. The maximum Gasteiger partial charge on any atom is 0.334 e. The number of benzene rings is 2. The van der Waals surface area contributed by atoms with E-state index in [0.717, 1.165) is 31.4 Å². The van der Waals surface area contributed by atoms with E-state index in [9.17, 15) is 4.79 Å². The van der Waals surface area contributed by atoms with Crippen LogP contribution in [0, 0.1) is 0 Å². The lowest BCUT2D eigenvalue weighted by molar-refractivity contribution is -0.136. The lowest BCUT2D eigenvalue weighted by Crippen LogP contribution is -2.36. The van der Waals surface area contributed by atoms with E-state index >= 15 is 0 Å². The van der Waals surface area contributed by atoms with Crippen molar-refractivity contribution < 1.29 is 9.53 Å². The molecule has 3 nitrogen and oxygen atoms in total. The molecule has 1 heterocycles. The summed E-state index contributed by atoms with van der Waals surface area (Å²) in [5, 5.41) is 0. The summed E-state index contributed by atoms with van der Waals surface area (Å²) in [7, 11) is 1.46. The number of carbonyl (C=O) groups is 1. The fourth-order valence-electron chi connectivity index (χ4n) is 4.15. The van der Waals surface area contributed by atoms with E-state index in [-0.39, 0.29) is 12.0 Å². The van der Waals surface area contributed by atoms with Crippen LogP contribution in [0.5, 0.6) is 0 Å². The van der Waals surface area contributed by atoms with Crippen LogP contribution in [0.25, 0.3) is 0 Å². The van der Waals surface area contributed by atoms with E-state index in [2.05, 4.69) is 53.4 Å². The van der Waals surface area contributed by atoms with Crippen molar-refractivity contribution >= 4 is 5.97 Å². The Morgan fingerprint density at radius 3 is 2.20 bits per heavy atom. The Labute approximate surface area is 148 Å². The molecule has 0 saturated heterocycles. The Hall–Kier alpha value is -2.39. The predicted molar refractivity (Wildman–Crippen MR) is 98.4 cm³/mol. The van der Waals surface area contributed by atoms with Gasteiger partial charge < -0.3 is 4.74 Å². The van der Waals surface area contributed by atoms with Gasteiger partial charge in [0, 0.05) is 18.7 Å². The highest BCUT2D eigenvalue weighted by molar-refractivity contribution is 5.89. The third-order valence-corrected chi connectivity index (χ3v) is 5.36. The molecule has 1 aliphatic heterocycles. The van der Waals surface area contributed by atoms with Crippen LogP contribution in [-0.4, -0.2) is 31.1 Å². The van der Waals surface area contributed by atoms with Crippen LogP contribution < -0.4 is 0 Å². The van der Waals surface area contributed by atoms with Crippen LogP contribution >= 0.6 is 0 Å². The molecule has 2 aliphatic rings. The number of methoxy groups -OCH3 is 1. The molecule has 4 rings (SSSR count). The van der Waals surface area contributed by atoms with Gasteiger partial charge in [0.1, 0.15) is 0 Å². The molecule has 2 aromatic carbocycles. The fraction of sp³-hybridized carbons (Fsp3) is 0.318. The van der Waals surface area contributed by atoms with Gasteiger partial charge in [0.15, 0.2) is 0 Å². The average Bonchev–Trinajstić information content (AvgIpc) is 2.84. The van der Waals surface area contributed by atoms with E-state index in [1.54, 1.807) is 0 Å². The van der Waals surface area contributed by atoms with Gasteiger partial charge in [-0.1, -0.05) is 54.6 Å². The summed E-state index contributed by atoms with van der Waals surface area (Å²) in [6, 6.07) is 17.7. The Balaban J connectivity index is 1.78. The molecule has 0 fully saturated rings. The zero-order chi connectivity index (χ0) is 17.2. The first-order valence-corrected chi connectivity index (χ1v) is 8.95. The summed E-state index contributed by atoms with van der Waals surface area (Å²) >= 11 is 0. The maximum absolute atomic E-state index is 12.0. The van der Waals surface area contributed by atoms with Gasteiger partial charge in [0.05, 0.1) is 13.2 Å². The van der Waals surface area contributed by atoms with Crippen molar-refractivity contribution in [1.82, 2.24) is 4.90 Å². The molecule has 0 saturated carbocycles. The van der Waals surface area contributed by atoms with Crippen LogP contribution in [-0.2, 0) is 22.4 Å². The maximum atomic E-state index is 12.0. The second kappa shape index (κ2) is 6.85. The predicted octanol–water partition coefficient (Wildman–Crippen LogP) is 3.68. The number of rotatable bonds is 2. The highest BCUT2D eigenvalue weighted by Crippen LogP contribution is 2.38. The number of ether oxygens (including phenoxy) is 1. The molecule has 0 atom stereocenters. The molecule has 0 unspecified atom stereocenters. The van der Waals surface area contributed by atoms with E-state index in [1.807, 2.05) is 6.08 Å². The third kappa shape index (κ3) is 3.00. The molecule has 3 heteroatoms. The molecule has 0 spiro atoms. The number of hydrogen-bond acceptors (Lipinski definition) is 3.